The maximum absolute atomic E-state index is 12.6. The summed E-state index contributed by atoms with van der Waals surface area (Å²) in [5.74, 6) is -0.536. The molecule has 142 valence electrons. The molecule has 3 N–H and O–H groups in total. The Bertz CT molecular complexity index is 690. The van der Waals surface area contributed by atoms with Crippen molar-refractivity contribution in [3.63, 3.8) is 0 Å². The average molecular weight is 387 g/mol. The molecule has 2 atom stereocenters. The Morgan fingerprint density at radius 1 is 1.08 bits per heavy atom. The van der Waals surface area contributed by atoms with E-state index in [4.69, 9.17) is 5.73 Å². The van der Waals surface area contributed by atoms with E-state index in [9.17, 15) is 18.0 Å². The molecule has 0 saturated carbocycles. The second-order valence-corrected chi connectivity index (χ2v) is 6.06. The van der Waals surface area contributed by atoms with E-state index in [-0.39, 0.29) is 30.3 Å². The molecule has 0 aliphatic carbocycles. The van der Waals surface area contributed by atoms with Gasteiger partial charge in [-0.2, -0.15) is 13.2 Å². The molecule has 1 amide bonds. The molecule has 0 aliphatic heterocycles. The number of carbonyl (C=O) groups is 1. The fourth-order valence-electron chi connectivity index (χ4n) is 2.48. The molecule has 0 saturated heterocycles. The summed E-state index contributed by atoms with van der Waals surface area (Å²) in [6.07, 6.45) is -3.99. The summed E-state index contributed by atoms with van der Waals surface area (Å²) in [5, 5.41) is 2.79. The van der Waals surface area contributed by atoms with E-state index < -0.39 is 11.7 Å². The van der Waals surface area contributed by atoms with Gasteiger partial charge in [-0.05, 0) is 29.7 Å². The fourth-order valence-corrected chi connectivity index (χ4v) is 2.48. The highest BCUT2D eigenvalue weighted by atomic mass is 35.5. The quantitative estimate of drug-likeness (QED) is 0.784. The summed E-state index contributed by atoms with van der Waals surface area (Å²) in [7, 11) is 0. The molecular formula is C19H22ClF3N2O. The highest BCUT2D eigenvalue weighted by Crippen LogP contribution is 2.29. The molecule has 2 rings (SSSR count). The number of hydrogen-bond acceptors (Lipinski definition) is 2. The lowest BCUT2D eigenvalue weighted by atomic mass is 9.99. The van der Waals surface area contributed by atoms with Crippen molar-refractivity contribution in [1.82, 2.24) is 5.32 Å². The topological polar surface area (TPSA) is 55.1 Å². The second kappa shape index (κ2) is 9.59. The molecular weight excluding hydrogens is 365 g/mol. The van der Waals surface area contributed by atoms with E-state index in [2.05, 4.69) is 5.32 Å². The van der Waals surface area contributed by atoms with Gasteiger partial charge in [0, 0.05) is 18.5 Å². The third-order valence-electron chi connectivity index (χ3n) is 3.99. The smallest absolute Gasteiger partial charge is 0.354 e. The Hall–Kier alpha value is -2.05. The first-order chi connectivity index (χ1) is 11.8. The number of benzene rings is 2. The first-order valence-corrected chi connectivity index (χ1v) is 8.01. The minimum Gasteiger partial charge on any atom is -0.354 e. The molecule has 0 aromatic heterocycles. The number of rotatable bonds is 6. The van der Waals surface area contributed by atoms with E-state index in [1.165, 1.54) is 12.1 Å². The maximum Gasteiger partial charge on any atom is 0.416 e. The van der Waals surface area contributed by atoms with Gasteiger partial charge in [-0.15, -0.1) is 12.4 Å². The molecule has 0 heterocycles. The monoisotopic (exact) mass is 386 g/mol. The van der Waals surface area contributed by atoms with Crippen molar-refractivity contribution in [1.29, 1.82) is 0 Å². The van der Waals surface area contributed by atoms with Gasteiger partial charge in [-0.3, -0.25) is 4.79 Å². The summed E-state index contributed by atoms with van der Waals surface area (Å²) < 4.78 is 37.7. The van der Waals surface area contributed by atoms with Gasteiger partial charge < -0.3 is 11.1 Å². The van der Waals surface area contributed by atoms with Crippen molar-refractivity contribution in [3.8, 4) is 0 Å². The van der Waals surface area contributed by atoms with Crippen LogP contribution in [0.5, 0.6) is 0 Å². The third-order valence-corrected chi connectivity index (χ3v) is 3.99. The van der Waals surface area contributed by atoms with Crippen LogP contribution < -0.4 is 11.1 Å². The standard InChI is InChI=1S/C19H21F3N2O.ClH/c1-13(11-14-7-9-16(10-8-14)19(20,21)22)18(25)24-12-17(23)15-5-3-2-4-6-15;/h2-10,13,17H,11-12,23H2,1H3,(H,24,25);1H. The van der Waals surface area contributed by atoms with Crippen molar-refractivity contribution in [2.45, 2.75) is 25.6 Å². The number of halogens is 4. The molecule has 2 aromatic rings. The van der Waals surface area contributed by atoms with E-state index in [0.717, 1.165) is 17.7 Å². The van der Waals surface area contributed by atoms with Crippen LogP contribution in [0.15, 0.2) is 54.6 Å². The number of amides is 1. The first-order valence-electron chi connectivity index (χ1n) is 8.01. The van der Waals surface area contributed by atoms with Gasteiger partial charge in [-0.25, -0.2) is 0 Å². The van der Waals surface area contributed by atoms with E-state index in [0.29, 0.717) is 18.5 Å². The average Bonchev–Trinajstić information content (AvgIpc) is 2.59. The van der Waals surface area contributed by atoms with E-state index in [1.54, 1.807) is 6.92 Å². The molecule has 0 aliphatic rings. The SMILES string of the molecule is CC(Cc1ccc(C(F)(F)F)cc1)C(=O)NCC(N)c1ccccc1.Cl. The Labute approximate surface area is 157 Å². The molecule has 3 nitrogen and oxygen atoms in total. The van der Waals surface area contributed by atoms with Crippen molar-refractivity contribution < 1.29 is 18.0 Å². The lowest BCUT2D eigenvalue weighted by Gasteiger charge is -2.16. The third kappa shape index (κ3) is 6.35. The van der Waals surface area contributed by atoms with Crippen molar-refractivity contribution >= 4 is 18.3 Å². The molecule has 7 heteroatoms. The molecule has 26 heavy (non-hydrogen) atoms. The normalized spacial score (nSPS) is 13.4. The number of carbonyl (C=O) groups excluding carboxylic acids is 1. The highest BCUT2D eigenvalue weighted by molar-refractivity contribution is 5.85. The number of alkyl halides is 3. The summed E-state index contributed by atoms with van der Waals surface area (Å²) in [6, 6.07) is 14.0. The minimum atomic E-state index is -4.35. The zero-order chi connectivity index (χ0) is 18.4. The molecule has 0 spiro atoms. The zero-order valence-electron chi connectivity index (χ0n) is 14.3. The van der Waals surface area contributed by atoms with Crippen molar-refractivity contribution in [2.75, 3.05) is 6.54 Å². The van der Waals surface area contributed by atoms with Crippen molar-refractivity contribution in [3.05, 3.63) is 71.3 Å². The minimum absolute atomic E-state index is 0. The Morgan fingerprint density at radius 2 is 1.65 bits per heavy atom. The van der Waals surface area contributed by atoms with Gasteiger partial charge in [0.2, 0.25) is 5.91 Å². The number of nitrogens with one attached hydrogen (secondary N) is 1. The lowest BCUT2D eigenvalue weighted by molar-refractivity contribution is -0.137. The van der Waals surface area contributed by atoms with Crippen LogP contribution in [-0.4, -0.2) is 12.5 Å². The van der Waals surface area contributed by atoms with Crippen LogP contribution in [0.25, 0.3) is 0 Å². The predicted molar refractivity (Wildman–Crippen MR) is 97.9 cm³/mol. The number of hydrogen-bond donors (Lipinski definition) is 2. The molecule has 2 unspecified atom stereocenters. The van der Waals surface area contributed by atoms with Crippen LogP contribution in [0.4, 0.5) is 13.2 Å². The van der Waals surface area contributed by atoms with Crippen LogP contribution in [0.1, 0.15) is 29.7 Å². The molecule has 2 aromatic carbocycles. The zero-order valence-corrected chi connectivity index (χ0v) is 15.1. The summed E-state index contributed by atoms with van der Waals surface area (Å²) >= 11 is 0. The molecule has 0 fully saturated rings. The Morgan fingerprint density at radius 3 is 2.19 bits per heavy atom. The van der Waals surface area contributed by atoms with Crippen LogP contribution in [-0.2, 0) is 17.4 Å². The molecule has 0 radical (unpaired) electrons. The van der Waals surface area contributed by atoms with E-state index in [1.807, 2.05) is 30.3 Å². The van der Waals surface area contributed by atoms with Gasteiger partial charge in [0.05, 0.1) is 5.56 Å². The van der Waals surface area contributed by atoms with Gasteiger partial charge in [0.15, 0.2) is 0 Å². The molecule has 0 bridgehead atoms. The lowest BCUT2D eigenvalue weighted by Crippen LogP contribution is -2.35. The van der Waals surface area contributed by atoms with Crippen LogP contribution in [0, 0.1) is 5.92 Å². The van der Waals surface area contributed by atoms with Crippen LogP contribution in [0.3, 0.4) is 0 Å². The van der Waals surface area contributed by atoms with Gasteiger partial charge in [-0.1, -0.05) is 49.4 Å². The second-order valence-electron chi connectivity index (χ2n) is 6.06. The van der Waals surface area contributed by atoms with Gasteiger partial charge in [0.1, 0.15) is 0 Å². The first kappa shape index (κ1) is 22.0. The predicted octanol–water partition coefficient (Wildman–Crippen LogP) is 4.12. The summed E-state index contributed by atoms with van der Waals surface area (Å²) in [5.41, 5.74) is 6.95. The highest BCUT2D eigenvalue weighted by Gasteiger charge is 2.30. The van der Waals surface area contributed by atoms with Crippen molar-refractivity contribution in [2.24, 2.45) is 11.7 Å². The summed E-state index contributed by atoms with van der Waals surface area (Å²) in [4.78, 5) is 12.2. The maximum atomic E-state index is 12.6. The Balaban J connectivity index is 0.00000338. The van der Waals surface area contributed by atoms with E-state index >= 15 is 0 Å². The fraction of sp³-hybridized carbons (Fsp3) is 0.316. The van der Waals surface area contributed by atoms with Crippen LogP contribution >= 0.6 is 12.4 Å². The summed E-state index contributed by atoms with van der Waals surface area (Å²) in [6.45, 7) is 2.04. The van der Waals surface area contributed by atoms with Gasteiger partial charge >= 0.3 is 6.18 Å². The van der Waals surface area contributed by atoms with Crippen LogP contribution in [0.2, 0.25) is 0 Å². The Kier molecular flexibility index (Phi) is 8.11. The van der Waals surface area contributed by atoms with Gasteiger partial charge in [0.25, 0.3) is 0 Å². The number of nitrogens with two attached hydrogens (primary N) is 1. The largest absolute Gasteiger partial charge is 0.416 e.